The lowest BCUT2D eigenvalue weighted by Gasteiger charge is -2.27. The van der Waals surface area contributed by atoms with Gasteiger partial charge >= 0.3 is 0 Å². The number of ether oxygens (including phenoxy) is 1. The largest absolute Gasteiger partial charge is 0.494 e. The van der Waals surface area contributed by atoms with Crippen LogP contribution < -0.4 is 4.74 Å². The summed E-state index contributed by atoms with van der Waals surface area (Å²) in [7, 11) is 0. The van der Waals surface area contributed by atoms with Gasteiger partial charge in [0.25, 0.3) is 0 Å². The van der Waals surface area contributed by atoms with E-state index in [0.29, 0.717) is 12.5 Å². The Kier molecular flexibility index (Phi) is 3.83. The normalized spacial score (nSPS) is 25.4. The van der Waals surface area contributed by atoms with Crippen molar-refractivity contribution in [2.75, 3.05) is 6.61 Å². The number of para-hydroxylation sites is 1. The monoisotopic (exact) mass is 220 g/mol. The Labute approximate surface area is 97.3 Å². The van der Waals surface area contributed by atoms with Crippen LogP contribution in [0, 0.1) is 0 Å². The van der Waals surface area contributed by atoms with Gasteiger partial charge in [-0.2, -0.15) is 0 Å². The first kappa shape index (κ1) is 11.5. The van der Waals surface area contributed by atoms with Gasteiger partial charge in [0.1, 0.15) is 5.75 Å². The summed E-state index contributed by atoms with van der Waals surface area (Å²) in [5.41, 5.74) is 1.27. The molecule has 1 fully saturated rings. The number of hydrogen-bond donors (Lipinski definition) is 1. The predicted molar refractivity (Wildman–Crippen MR) is 64.8 cm³/mol. The van der Waals surface area contributed by atoms with Gasteiger partial charge in [0, 0.05) is 0 Å². The molecule has 2 rings (SSSR count). The fraction of sp³-hybridized carbons (Fsp3) is 0.571. The molecule has 2 unspecified atom stereocenters. The first-order chi connectivity index (χ1) is 7.81. The molecule has 0 radical (unpaired) electrons. The van der Waals surface area contributed by atoms with Gasteiger partial charge in [-0.1, -0.05) is 24.6 Å². The van der Waals surface area contributed by atoms with Crippen molar-refractivity contribution < 1.29 is 9.84 Å². The molecule has 1 saturated carbocycles. The number of hydrogen-bond acceptors (Lipinski definition) is 2. The van der Waals surface area contributed by atoms with Crippen molar-refractivity contribution in [3.8, 4) is 5.75 Å². The summed E-state index contributed by atoms with van der Waals surface area (Å²) in [6.45, 7) is 2.71. The van der Waals surface area contributed by atoms with Crippen molar-refractivity contribution in [1.82, 2.24) is 0 Å². The summed E-state index contributed by atoms with van der Waals surface area (Å²) in [6, 6.07) is 8.22. The average Bonchev–Trinajstić information content (AvgIpc) is 2.30. The highest BCUT2D eigenvalue weighted by Gasteiger charge is 2.23. The Morgan fingerprint density at radius 2 is 2.12 bits per heavy atom. The van der Waals surface area contributed by atoms with Crippen LogP contribution in [0.2, 0.25) is 0 Å². The van der Waals surface area contributed by atoms with E-state index >= 15 is 0 Å². The number of rotatable bonds is 3. The van der Waals surface area contributed by atoms with Gasteiger partial charge in [-0.3, -0.25) is 0 Å². The fourth-order valence-electron chi connectivity index (χ4n) is 2.55. The zero-order chi connectivity index (χ0) is 11.4. The molecular weight excluding hydrogens is 200 g/mol. The molecule has 0 bridgehead atoms. The molecular formula is C14H20O2. The predicted octanol–water partition coefficient (Wildman–Crippen LogP) is 3.10. The van der Waals surface area contributed by atoms with E-state index in [-0.39, 0.29) is 6.10 Å². The third-order valence-corrected chi connectivity index (χ3v) is 3.31. The Bertz CT molecular complexity index is 335. The quantitative estimate of drug-likeness (QED) is 0.848. The number of benzene rings is 1. The van der Waals surface area contributed by atoms with Crippen LogP contribution in [0.3, 0.4) is 0 Å². The average molecular weight is 220 g/mol. The summed E-state index contributed by atoms with van der Waals surface area (Å²) in [5, 5.41) is 9.72. The number of aliphatic hydroxyl groups excluding tert-OH is 1. The Morgan fingerprint density at radius 1 is 1.31 bits per heavy atom. The van der Waals surface area contributed by atoms with E-state index in [1.165, 1.54) is 12.0 Å². The van der Waals surface area contributed by atoms with Crippen LogP contribution in [0.25, 0.3) is 0 Å². The van der Waals surface area contributed by atoms with Crippen LogP contribution in [0.1, 0.15) is 44.1 Å². The zero-order valence-electron chi connectivity index (χ0n) is 9.86. The summed E-state index contributed by atoms with van der Waals surface area (Å²) >= 11 is 0. The minimum atomic E-state index is -0.131. The number of aliphatic hydroxyl groups is 1. The van der Waals surface area contributed by atoms with Gasteiger partial charge < -0.3 is 9.84 Å². The van der Waals surface area contributed by atoms with E-state index in [0.717, 1.165) is 25.0 Å². The van der Waals surface area contributed by atoms with Crippen molar-refractivity contribution in [2.45, 2.75) is 44.6 Å². The van der Waals surface area contributed by atoms with E-state index in [1.54, 1.807) is 0 Å². The van der Waals surface area contributed by atoms with Crippen molar-refractivity contribution in [1.29, 1.82) is 0 Å². The second kappa shape index (κ2) is 5.35. The van der Waals surface area contributed by atoms with Gasteiger partial charge in [-0.25, -0.2) is 0 Å². The molecule has 0 spiro atoms. The second-order valence-electron chi connectivity index (χ2n) is 4.49. The third kappa shape index (κ3) is 2.56. The molecule has 1 aromatic carbocycles. The van der Waals surface area contributed by atoms with E-state index in [2.05, 4.69) is 12.1 Å². The van der Waals surface area contributed by atoms with Crippen LogP contribution in [0.4, 0.5) is 0 Å². The summed E-state index contributed by atoms with van der Waals surface area (Å²) in [4.78, 5) is 0. The Balaban J connectivity index is 2.17. The van der Waals surface area contributed by atoms with Crippen molar-refractivity contribution in [3.05, 3.63) is 29.8 Å². The molecule has 1 aromatic rings. The summed E-state index contributed by atoms with van der Waals surface area (Å²) in [5.74, 6) is 1.45. The molecule has 2 heteroatoms. The Hall–Kier alpha value is -1.02. The van der Waals surface area contributed by atoms with Gasteiger partial charge in [0.2, 0.25) is 0 Å². The lowest BCUT2D eigenvalue weighted by Crippen LogP contribution is -2.18. The molecule has 0 aliphatic heterocycles. The van der Waals surface area contributed by atoms with Gasteiger partial charge in [0.15, 0.2) is 0 Å². The lowest BCUT2D eigenvalue weighted by atomic mass is 9.82. The minimum absolute atomic E-state index is 0.131. The summed E-state index contributed by atoms with van der Waals surface area (Å²) < 4.78 is 5.64. The SMILES string of the molecule is CCOc1ccccc1C1CCCC(O)C1. The standard InChI is InChI=1S/C14H20O2/c1-2-16-14-9-4-3-8-13(14)11-6-5-7-12(15)10-11/h3-4,8-9,11-12,15H,2,5-7,10H2,1H3. The topological polar surface area (TPSA) is 29.5 Å². The van der Waals surface area contributed by atoms with E-state index < -0.39 is 0 Å². The first-order valence-electron chi connectivity index (χ1n) is 6.21. The van der Waals surface area contributed by atoms with Crippen molar-refractivity contribution in [3.63, 3.8) is 0 Å². The maximum Gasteiger partial charge on any atom is 0.122 e. The Morgan fingerprint density at radius 3 is 2.88 bits per heavy atom. The maximum absolute atomic E-state index is 9.72. The first-order valence-corrected chi connectivity index (χ1v) is 6.21. The maximum atomic E-state index is 9.72. The molecule has 2 atom stereocenters. The highest BCUT2D eigenvalue weighted by molar-refractivity contribution is 5.36. The summed E-state index contributed by atoms with van der Waals surface area (Å²) in [6.07, 6.45) is 3.98. The highest BCUT2D eigenvalue weighted by atomic mass is 16.5. The van der Waals surface area contributed by atoms with E-state index in [9.17, 15) is 5.11 Å². The van der Waals surface area contributed by atoms with Crippen LogP contribution in [0.15, 0.2) is 24.3 Å². The van der Waals surface area contributed by atoms with Gasteiger partial charge in [-0.05, 0) is 43.7 Å². The molecule has 88 valence electrons. The molecule has 16 heavy (non-hydrogen) atoms. The van der Waals surface area contributed by atoms with Crippen molar-refractivity contribution >= 4 is 0 Å². The molecule has 0 aromatic heterocycles. The lowest BCUT2D eigenvalue weighted by molar-refractivity contribution is 0.119. The van der Waals surface area contributed by atoms with E-state index in [4.69, 9.17) is 4.74 Å². The molecule has 1 N–H and O–H groups in total. The van der Waals surface area contributed by atoms with E-state index in [1.807, 2.05) is 19.1 Å². The molecule has 0 saturated heterocycles. The van der Waals surface area contributed by atoms with Crippen LogP contribution in [-0.2, 0) is 0 Å². The minimum Gasteiger partial charge on any atom is -0.494 e. The highest BCUT2D eigenvalue weighted by Crippen LogP contribution is 2.37. The second-order valence-corrected chi connectivity index (χ2v) is 4.49. The molecule has 0 heterocycles. The van der Waals surface area contributed by atoms with Crippen molar-refractivity contribution in [2.24, 2.45) is 0 Å². The van der Waals surface area contributed by atoms with Crippen LogP contribution >= 0.6 is 0 Å². The van der Waals surface area contributed by atoms with Gasteiger partial charge in [-0.15, -0.1) is 0 Å². The third-order valence-electron chi connectivity index (χ3n) is 3.31. The smallest absolute Gasteiger partial charge is 0.122 e. The van der Waals surface area contributed by atoms with Gasteiger partial charge in [0.05, 0.1) is 12.7 Å². The van der Waals surface area contributed by atoms with Crippen LogP contribution in [0.5, 0.6) is 5.75 Å². The molecule has 0 amide bonds. The van der Waals surface area contributed by atoms with Crippen LogP contribution in [-0.4, -0.2) is 17.8 Å². The zero-order valence-corrected chi connectivity index (χ0v) is 9.86. The molecule has 1 aliphatic rings. The fourth-order valence-corrected chi connectivity index (χ4v) is 2.55. The molecule has 1 aliphatic carbocycles. The molecule has 2 nitrogen and oxygen atoms in total.